The molecule has 0 saturated heterocycles. The Morgan fingerprint density at radius 2 is 1.57 bits per heavy atom. The number of imidazole rings is 1. The Morgan fingerprint density at radius 3 is 2.27 bits per heavy atom. The zero-order valence-electron chi connectivity index (χ0n) is 24.6. The topological polar surface area (TPSA) is 44.6 Å². The van der Waals surface area contributed by atoms with Crippen LogP contribution in [0.4, 0.5) is 0 Å². The maximum atomic E-state index is 8.74. The molecule has 208 valence electrons. The van der Waals surface area contributed by atoms with E-state index in [2.05, 4.69) is 55.1 Å². The van der Waals surface area contributed by atoms with Gasteiger partial charge in [0, 0.05) is 30.5 Å². The summed E-state index contributed by atoms with van der Waals surface area (Å²) in [4.78, 5) is 0. The maximum Gasteiger partial charge on any atom is 0.244 e. The van der Waals surface area contributed by atoms with E-state index in [1.54, 1.807) is 0 Å². The fourth-order valence-corrected chi connectivity index (χ4v) is 4.69. The molecule has 4 heteroatoms. The predicted molar refractivity (Wildman–Crippen MR) is 158 cm³/mol. The lowest BCUT2D eigenvalue weighted by Gasteiger charge is -2.17. The van der Waals surface area contributed by atoms with E-state index in [1.165, 1.54) is 96.3 Å². The number of nitrogens with zero attached hydrogens (tertiary/aromatic N) is 3. The fourth-order valence-electron chi connectivity index (χ4n) is 4.69. The van der Waals surface area contributed by atoms with E-state index in [1.807, 2.05) is 23.3 Å². The first-order valence-electron chi connectivity index (χ1n) is 15.3. The largest absolute Gasteiger partial charge is 0.389 e. The first-order chi connectivity index (χ1) is 18.0. The Morgan fingerprint density at radius 1 is 0.919 bits per heavy atom. The lowest BCUT2D eigenvalue weighted by Crippen LogP contribution is -2.32. The highest BCUT2D eigenvalue weighted by molar-refractivity contribution is 5.08. The van der Waals surface area contributed by atoms with E-state index >= 15 is 0 Å². The number of aryl methyl sites for hydroxylation is 1. The number of nitriles is 1. The van der Waals surface area contributed by atoms with Gasteiger partial charge in [0.25, 0.3) is 0 Å². The van der Waals surface area contributed by atoms with E-state index in [0.29, 0.717) is 6.54 Å². The van der Waals surface area contributed by atoms with Crippen molar-refractivity contribution in [2.24, 2.45) is 5.41 Å². The van der Waals surface area contributed by atoms with E-state index in [9.17, 15) is 0 Å². The smallest absolute Gasteiger partial charge is 0.244 e. The van der Waals surface area contributed by atoms with E-state index < -0.39 is 0 Å². The van der Waals surface area contributed by atoms with E-state index in [0.717, 1.165) is 38.0 Å². The van der Waals surface area contributed by atoms with Gasteiger partial charge in [-0.15, -0.1) is 5.92 Å². The first kappa shape index (κ1) is 32.8. The van der Waals surface area contributed by atoms with Crippen LogP contribution in [0, 0.1) is 28.6 Å². The zero-order chi connectivity index (χ0) is 27.0. The van der Waals surface area contributed by atoms with Crippen LogP contribution in [0.25, 0.3) is 0 Å². The van der Waals surface area contributed by atoms with Crippen LogP contribution in [0.3, 0.4) is 0 Å². The number of nitrogens with one attached hydrogen (secondary N) is 1. The minimum absolute atomic E-state index is 0.182. The zero-order valence-corrected chi connectivity index (χ0v) is 24.6. The summed E-state index contributed by atoms with van der Waals surface area (Å²) >= 11 is 0. The lowest BCUT2D eigenvalue weighted by atomic mass is 9.87. The van der Waals surface area contributed by atoms with Crippen molar-refractivity contribution in [2.75, 3.05) is 6.54 Å². The third kappa shape index (κ3) is 19.6. The number of allylic oxidation sites excluding steroid dienone is 1. The summed E-state index contributed by atoms with van der Waals surface area (Å²) in [6, 6.07) is 2.16. The molecule has 1 aromatic heterocycles. The Hall–Kier alpha value is -2.20. The Balaban J connectivity index is 1.92. The molecule has 1 rings (SSSR count). The van der Waals surface area contributed by atoms with Crippen LogP contribution in [0.1, 0.15) is 136 Å². The highest BCUT2D eigenvalue weighted by Crippen LogP contribution is 2.23. The second-order valence-corrected chi connectivity index (χ2v) is 11.4. The standard InChI is InChI=1S/C33H57N4/c1-5-6-7-8-9-13-16-19-23-33(3,4)24-20-17-14-11-10-12-15-18-22-32(2)35-26-21-27-36-29-30-37(31-36)28-25-34/h29-31,35H,2,5-19,21-23,26-28H2,1,3-4H3/q+1. The molecule has 1 aromatic rings. The maximum absolute atomic E-state index is 8.74. The van der Waals surface area contributed by atoms with Crippen molar-refractivity contribution >= 4 is 0 Å². The van der Waals surface area contributed by atoms with E-state index in [-0.39, 0.29) is 5.41 Å². The highest BCUT2D eigenvalue weighted by atomic mass is 15.1. The van der Waals surface area contributed by atoms with Crippen molar-refractivity contribution in [2.45, 2.75) is 149 Å². The summed E-state index contributed by atoms with van der Waals surface area (Å²) in [5.74, 6) is 7.03. The monoisotopic (exact) mass is 509 g/mol. The summed E-state index contributed by atoms with van der Waals surface area (Å²) in [6.45, 7) is 13.4. The number of unbranched alkanes of at least 4 members (excludes halogenated alkanes) is 13. The molecular weight excluding hydrogens is 452 g/mol. The highest BCUT2D eigenvalue weighted by Gasteiger charge is 2.13. The molecule has 1 N–H and O–H groups in total. The molecule has 0 aromatic carbocycles. The fraction of sp³-hybridized carbons (Fsp3) is 0.758. The quantitative estimate of drug-likeness (QED) is 0.0913. The number of hydrogen-bond acceptors (Lipinski definition) is 2. The van der Waals surface area contributed by atoms with Crippen molar-refractivity contribution in [3.05, 3.63) is 31.0 Å². The lowest BCUT2D eigenvalue weighted by molar-refractivity contribution is -0.696. The van der Waals surface area contributed by atoms with Crippen LogP contribution in [0.15, 0.2) is 31.0 Å². The van der Waals surface area contributed by atoms with Crippen LogP contribution in [-0.2, 0) is 13.1 Å². The summed E-state index contributed by atoms with van der Waals surface area (Å²) in [7, 11) is 0. The Bertz CT molecular complexity index is 802. The molecule has 4 nitrogen and oxygen atoms in total. The normalized spacial score (nSPS) is 11.1. The summed E-state index contributed by atoms with van der Waals surface area (Å²) in [5.41, 5.74) is 1.35. The number of rotatable bonds is 23. The van der Waals surface area contributed by atoms with Gasteiger partial charge in [0.2, 0.25) is 6.33 Å². The van der Waals surface area contributed by atoms with Gasteiger partial charge in [-0.05, 0) is 39.5 Å². The summed E-state index contributed by atoms with van der Waals surface area (Å²) < 4.78 is 4.03. The van der Waals surface area contributed by atoms with Gasteiger partial charge in [0.05, 0.1) is 6.54 Å². The van der Waals surface area contributed by atoms with Crippen LogP contribution in [-0.4, -0.2) is 11.1 Å². The van der Waals surface area contributed by atoms with Gasteiger partial charge < -0.3 is 5.32 Å². The third-order valence-electron chi connectivity index (χ3n) is 7.08. The molecule has 0 radical (unpaired) electrons. The summed E-state index contributed by atoms with van der Waals surface area (Å²) in [5, 5.41) is 12.2. The van der Waals surface area contributed by atoms with Crippen molar-refractivity contribution in [3.8, 4) is 17.9 Å². The molecule has 0 aliphatic heterocycles. The van der Waals surface area contributed by atoms with Gasteiger partial charge in [0.1, 0.15) is 18.5 Å². The van der Waals surface area contributed by atoms with Gasteiger partial charge in [-0.3, -0.25) is 0 Å². The molecule has 0 unspecified atom stereocenters. The number of hydrogen-bond donors (Lipinski definition) is 1. The predicted octanol–water partition coefficient (Wildman–Crippen LogP) is 8.47. The number of aromatic nitrogens is 2. The second kappa shape index (κ2) is 21.8. The van der Waals surface area contributed by atoms with Gasteiger partial charge >= 0.3 is 0 Å². The SMILES string of the molecule is C=C(CCCCCCCCC#CC(C)(C)CCCCCCCCCC)NCCC[n+]1ccn(CC#N)c1. The van der Waals surface area contributed by atoms with Crippen LogP contribution in [0.5, 0.6) is 0 Å². The van der Waals surface area contributed by atoms with Gasteiger partial charge in [-0.1, -0.05) is 96.5 Å². The molecule has 0 saturated carbocycles. The first-order valence-corrected chi connectivity index (χ1v) is 15.3. The third-order valence-corrected chi connectivity index (χ3v) is 7.08. The van der Waals surface area contributed by atoms with Gasteiger partial charge in [0.15, 0.2) is 6.54 Å². The van der Waals surface area contributed by atoms with Crippen molar-refractivity contribution in [1.82, 2.24) is 9.88 Å². The minimum atomic E-state index is 0.182. The molecule has 0 aliphatic rings. The van der Waals surface area contributed by atoms with Crippen molar-refractivity contribution < 1.29 is 4.57 Å². The Kier molecular flexibility index (Phi) is 19.4. The molecule has 37 heavy (non-hydrogen) atoms. The molecular formula is C33H57N4+. The summed E-state index contributed by atoms with van der Waals surface area (Å²) in [6.07, 6.45) is 29.2. The average molecular weight is 510 g/mol. The van der Waals surface area contributed by atoms with Crippen molar-refractivity contribution in [1.29, 1.82) is 5.26 Å². The van der Waals surface area contributed by atoms with Crippen LogP contribution < -0.4 is 9.88 Å². The van der Waals surface area contributed by atoms with E-state index in [4.69, 9.17) is 5.26 Å². The molecule has 0 atom stereocenters. The molecule has 0 spiro atoms. The molecule has 0 fully saturated rings. The Labute approximate surface area is 229 Å². The average Bonchev–Trinajstić information content (AvgIpc) is 3.32. The van der Waals surface area contributed by atoms with Crippen LogP contribution in [0.2, 0.25) is 0 Å². The second-order valence-electron chi connectivity index (χ2n) is 11.4. The van der Waals surface area contributed by atoms with Gasteiger partial charge in [-0.25, -0.2) is 9.13 Å². The minimum Gasteiger partial charge on any atom is -0.389 e. The van der Waals surface area contributed by atoms with Gasteiger partial charge in [-0.2, -0.15) is 5.26 Å². The molecule has 0 bridgehead atoms. The molecule has 0 aliphatic carbocycles. The van der Waals surface area contributed by atoms with Crippen molar-refractivity contribution in [3.63, 3.8) is 0 Å². The molecule has 1 heterocycles. The van der Waals surface area contributed by atoms with Crippen LogP contribution >= 0.6 is 0 Å². The molecule has 0 amide bonds.